The van der Waals surface area contributed by atoms with Crippen molar-refractivity contribution >= 4 is 5.91 Å². The average Bonchev–Trinajstić information content (AvgIpc) is 2.36. The molecule has 86 valence electrons. The summed E-state index contributed by atoms with van der Waals surface area (Å²) in [6, 6.07) is 3.35. The first-order chi connectivity index (χ1) is 7.77. The number of hydrogen-bond acceptors (Lipinski definition) is 4. The predicted molar refractivity (Wildman–Crippen MR) is 57.4 cm³/mol. The molecule has 0 saturated carbocycles. The summed E-state index contributed by atoms with van der Waals surface area (Å²) in [6.07, 6.45) is 0. The van der Waals surface area contributed by atoms with Gasteiger partial charge in [0.05, 0.1) is 12.7 Å². The van der Waals surface area contributed by atoms with E-state index in [4.69, 9.17) is 14.2 Å². The molecule has 1 heterocycles. The van der Waals surface area contributed by atoms with Crippen LogP contribution in [0.2, 0.25) is 0 Å². The summed E-state index contributed by atoms with van der Waals surface area (Å²) in [6.45, 7) is 0.894. The molecule has 1 N–H and O–H groups in total. The Balaban J connectivity index is 2.52. The largest absolute Gasteiger partial charge is 0.493 e. The summed E-state index contributed by atoms with van der Waals surface area (Å²) in [4.78, 5) is 11.6. The van der Waals surface area contributed by atoms with Gasteiger partial charge in [-0.05, 0) is 12.1 Å². The van der Waals surface area contributed by atoms with Gasteiger partial charge in [0.2, 0.25) is 5.75 Å². The van der Waals surface area contributed by atoms with Gasteiger partial charge in [0.25, 0.3) is 5.91 Å². The zero-order chi connectivity index (χ0) is 11.5. The van der Waals surface area contributed by atoms with Gasteiger partial charge in [-0.25, -0.2) is 0 Å². The van der Waals surface area contributed by atoms with Gasteiger partial charge >= 0.3 is 0 Å². The minimum atomic E-state index is -0.204. The van der Waals surface area contributed by atoms with Crippen molar-refractivity contribution in [3.05, 3.63) is 17.7 Å². The Labute approximate surface area is 93.3 Å². The maximum Gasteiger partial charge on any atom is 0.254 e. The van der Waals surface area contributed by atoms with Crippen LogP contribution in [0.4, 0.5) is 0 Å². The molecule has 16 heavy (non-hydrogen) atoms. The minimum Gasteiger partial charge on any atom is -0.493 e. The van der Waals surface area contributed by atoms with Crippen LogP contribution in [0.25, 0.3) is 0 Å². The standard InChI is InChI=1S/C11H13NO4/c1-12-11(13)7-3-4-8(14-2)10-9(7)15-5-6-16-10/h3-4H,5-6H2,1-2H3,(H,12,13). The fraction of sp³-hybridized carbons (Fsp3) is 0.364. The molecule has 1 aromatic rings. The van der Waals surface area contributed by atoms with E-state index in [9.17, 15) is 4.79 Å². The van der Waals surface area contributed by atoms with Crippen LogP contribution in [0.5, 0.6) is 17.2 Å². The van der Waals surface area contributed by atoms with Gasteiger partial charge in [0, 0.05) is 7.05 Å². The molecule has 5 nitrogen and oxygen atoms in total. The molecule has 0 fully saturated rings. The van der Waals surface area contributed by atoms with E-state index in [1.54, 1.807) is 26.3 Å². The second-order valence-electron chi connectivity index (χ2n) is 3.25. The highest BCUT2D eigenvalue weighted by Gasteiger charge is 2.23. The Morgan fingerprint density at radius 3 is 2.62 bits per heavy atom. The SMILES string of the molecule is CNC(=O)c1ccc(OC)c2c1OCCO2. The molecule has 1 aromatic carbocycles. The quantitative estimate of drug-likeness (QED) is 0.806. The third-order valence-corrected chi connectivity index (χ3v) is 2.34. The van der Waals surface area contributed by atoms with Crippen LogP contribution >= 0.6 is 0 Å². The summed E-state index contributed by atoms with van der Waals surface area (Å²) < 4.78 is 16.0. The summed E-state index contributed by atoms with van der Waals surface area (Å²) in [5.74, 6) is 1.31. The van der Waals surface area contributed by atoms with Crippen LogP contribution in [-0.2, 0) is 0 Å². The van der Waals surface area contributed by atoms with Crippen molar-refractivity contribution in [3.63, 3.8) is 0 Å². The lowest BCUT2D eigenvalue weighted by Crippen LogP contribution is -2.23. The third-order valence-electron chi connectivity index (χ3n) is 2.34. The molecule has 0 radical (unpaired) electrons. The zero-order valence-electron chi connectivity index (χ0n) is 9.20. The molecule has 1 aliphatic heterocycles. The number of hydrogen-bond donors (Lipinski definition) is 1. The van der Waals surface area contributed by atoms with Crippen molar-refractivity contribution in [1.82, 2.24) is 5.32 Å². The van der Waals surface area contributed by atoms with E-state index in [-0.39, 0.29) is 5.91 Å². The van der Waals surface area contributed by atoms with Gasteiger partial charge < -0.3 is 19.5 Å². The summed E-state index contributed by atoms with van der Waals surface area (Å²) in [7, 11) is 3.12. The molecule has 0 aliphatic carbocycles. The van der Waals surface area contributed by atoms with Crippen molar-refractivity contribution < 1.29 is 19.0 Å². The second-order valence-corrected chi connectivity index (χ2v) is 3.25. The molecule has 0 aromatic heterocycles. The Hall–Kier alpha value is -1.91. The molecule has 0 saturated heterocycles. The van der Waals surface area contributed by atoms with E-state index in [0.717, 1.165) is 0 Å². The highest BCUT2D eigenvalue weighted by molar-refractivity contribution is 5.98. The third kappa shape index (κ3) is 1.64. The monoisotopic (exact) mass is 223 g/mol. The molecule has 1 aliphatic rings. The number of ether oxygens (including phenoxy) is 3. The lowest BCUT2D eigenvalue weighted by molar-refractivity contribution is 0.0951. The molecule has 5 heteroatoms. The topological polar surface area (TPSA) is 56.8 Å². The zero-order valence-corrected chi connectivity index (χ0v) is 9.20. The van der Waals surface area contributed by atoms with E-state index >= 15 is 0 Å². The van der Waals surface area contributed by atoms with Gasteiger partial charge in [-0.2, -0.15) is 0 Å². The number of methoxy groups -OCH3 is 1. The molecule has 0 unspecified atom stereocenters. The van der Waals surface area contributed by atoms with Crippen molar-refractivity contribution in [1.29, 1.82) is 0 Å². The first-order valence-electron chi connectivity index (χ1n) is 4.96. The van der Waals surface area contributed by atoms with Crippen LogP contribution in [0.3, 0.4) is 0 Å². The average molecular weight is 223 g/mol. The highest BCUT2D eigenvalue weighted by atomic mass is 16.6. The normalized spacial score (nSPS) is 13.1. The van der Waals surface area contributed by atoms with E-state index in [0.29, 0.717) is 36.0 Å². The summed E-state index contributed by atoms with van der Waals surface area (Å²) >= 11 is 0. The molecule has 1 amide bonds. The fourth-order valence-corrected chi connectivity index (χ4v) is 1.59. The highest BCUT2D eigenvalue weighted by Crippen LogP contribution is 2.41. The van der Waals surface area contributed by atoms with Crippen molar-refractivity contribution in [2.24, 2.45) is 0 Å². The Kier molecular flexibility index (Phi) is 2.85. The van der Waals surface area contributed by atoms with Crippen LogP contribution in [0.15, 0.2) is 12.1 Å². The Bertz CT molecular complexity index is 417. The number of benzene rings is 1. The van der Waals surface area contributed by atoms with Gasteiger partial charge in [0.1, 0.15) is 13.2 Å². The van der Waals surface area contributed by atoms with Gasteiger partial charge in [-0.15, -0.1) is 0 Å². The van der Waals surface area contributed by atoms with E-state index < -0.39 is 0 Å². The molecule has 0 bridgehead atoms. The maximum absolute atomic E-state index is 11.6. The van der Waals surface area contributed by atoms with E-state index in [1.807, 2.05) is 0 Å². The van der Waals surface area contributed by atoms with Crippen molar-refractivity contribution in [2.75, 3.05) is 27.4 Å². The summed E-state index contributed by atoms with van der Waals surface area (Å²) in [5, 5.41) is 2.55. The van der Waals surface area contributed by atoms with Crippen LogP contribution in [0, 0.1) is 0 Å². The number of carbonyl (C=O) groups excluding carboxylic acids is 1. The number of fused-ring (bicyclic) bond motifs is 1. The van der Waals surface area contributed by atoms with Gasteiger partial charge in [-0.3, -0.25) is 4.79 Å². The first kappa shape index (κ1) is 10.6. The molecule has 0 spiro atoms. The predicted octanol–water partition coefficient (Wildman–Crippen LogP) is 0.826. The van der Waals surface area contributed by atoms with Crippen LogP contribution < -0.4 is 19.5 Å². The number of nitrogens with one attached hydrogen (secondary N) is 1. The molecule has 0 atom stereocenters. The number of carbonyl (C=O) groups is 1. The molecular formula is C11H13NO4. The fourth-order valence-electron chi connectivity index (χ4n) is 1.59. The van der Waals surface area contributed by atoms with Gasteiger partial charge in [-0.1, -0.05) is 0 Å². The first-order valence-corrected chi connectivity index (χ1v) is 4.96. The lowest BCUT2D eigenvalue weighted by Gasteiger charge is -2.22. The van der Waals surface area contributed by atoms with Crippen molar-refractivity contribution in [2.45, 2.75) is 0 Å². The Morgan fingerprint density at radius 2 is 2.00 bits per heavy atom. The smallest absolute Gasteiger partial charge is 0.254 e. The molecular weight excluding hydrogens is 210 g/mol. The number of rotatable bonds is 2. The number of amides is 1. The Morgan fingerprint density at radius 1 is 1.31 bits per heavy atom. The minimum absolute atomic E-state index is 0.204. The van der Waals surface area contributed by atoms with Crippen LogP contribution in [-0.4, -0.2) is 33.3 Å². The maximum atomic E-state index is 11.6. The summed E-state index contributed by atoms with van der Waals surface area (Å²) in [5.41, 5.74) is 0.456. The molecule has 2 rings (SSSR count). The lowest BCUT2D eigenvalue weighted by atomic mass is 10.1. The second kappa shape index (κ2) is 4.30. The van der Waals surface area contributed by atoms with Gasteiger partial charge in [0.15, 0.2) is 11.5 Å². The van der Waals surface area contributed by atoms with Crippen LogP contribution in [0.1, 0.15) is 10.4 Å². The van der Waals surface area contributed by atoms with E-state index in [1.165, 1.54) is 0 Å². The van der Waals surface area contributed by atoms with E-state index in [2.05, 4.69) is 5.32 Å². The van der Waals surface area contributed by atoms with Crippen molar-refractivity contribution in [3.8, 4) is 17.2 Å².